The molecule has 1 unspecified atom stereocenters. The molecule has 0 radical (unpaired) electrons. The number of pyridine rings is 1. The molecule has 1 atom stereocenters. The Morgan fingerprint density at radius 2 is 2.06 bits per heavy atom. The minimum Gasteiger partial charge on any atom is -0.451 e. The average Bonchev–Trinajstić information content (AvgIpc) is 3.39. The molecule has 182 valence electrons. The van der Waals surface area contributed by atoms with Crippen LogP contribution in [-0.2, 0) is 4.74 Å². The molecule has 2 N–H and O–H groups in total. The van der Waals surface area contributed by atoms with E-state index in [9.17, 15) is 9.59 Å². The van der Waals surface area contributed by atoms with Crippen molar-refractivity contribution in [3.63, 3.8) is 0 Å². The van der Waals surface area contributed by atoms with E-state index in [1.165, 1.54) is 6.07 Å². The molecule has 0 aliphatic carbocycles. The van der Waals surface area contributed by atoms with Crippen LogP contribution in [0.25, 0.3) is 16.6 Å². The molecule has 2 fully saturated rings. The fraction of sp³-hybridized carbons (Fsp3) is 0.385. The van der Waals surface area contributed by atoms with Crippen LogP contribution in [0.2, 0.25) is 0 Å². The Balaban J connectivity index is 1.46. The van der Waals surface area contributed by atoms with Gasteiger partial charge in [0.25, 0.3) is 5.91 Å². The zero-order valence-electron chi connectivity index (χ0n) is 19.3. The van der Waals surface area contributed by atoms with Gasteiger partial charge >= 0.3 is 0 Å². The molecule has 2 aromatic carbocycles. The number of carbonyl (C=O) groups excluding carboxylic acids is 1. The summed E-state index contributed by atoms with van der Waals surface area (Å²) in [6.07, 6.45) is 4.57. The lowest BCUT2D eigenvalue weighted by molar-refractivity contribution is 0.0951. The zero-order valence-corrected chi connectivity index (χ0v) is 19.3. The molecule has 1 amide bonds. The third-order valence-electron chi connectivity index (χ3n) is 7.02. The summed E-state index contributed by atoms with van der Waals surface area (Å²) in [7, 11) is 0. The van der Waals surface area contributed by atoms with Gasteiger partial charge in [-0.05, 0) is 44.0 Å². The van der Waals surface area contributed by atoms with Crippen LogP contribution >= 0.6 is 0 Å². The van der Waals surface area contributed by atoms with Crippen molar-refractivity contribution in [3.8, 4) is 17.2 Å². The van der Waals surface area contributed by atoms with E-state index >= 15 is 4.39 Å². The maximum Gasteiger partial charge on any atom is 0.256 e. The van der Waals surface area contributed by atoms with E-state index in [-0.39, 0.29) is 16.7 Å². The van der Waals surface area contributed by atoms with E-state index in [0.717, 1.165) is 25.8 Å². The number of rotatable bonds is 5. The minimum atomic E-state index is -0.553. The molecule has 1 aromatic heterocycles. The number of aromatic nitrogens is 1. The molecule has 8 nitrogen and oxygen atoms in total. The smallest absolute Gasteiger partial charge is 0.256 e. The Morgan fingerprint density at radius 3 is 2.86 bits per heavy atom. The Labute approximate surface area is 201 Å². The van der Waals surface area contributed by atoms with Gasteiger partial charge in [0.2, 0.25) is 5.43 Å². The lowest BCUT2D eigenvalue weighted by atomic mass is 10.1. The SMILES string of the molecule is O=C(NCCC1CCCN1)c1cn2c3c(c(N4CCOCC4)c(F)cc3c1=O)Oc1ccccc1-2. The zero-order chi connectivity index (χ0) is 23.9. The third kappa shape index (κ3) is 3.84. The number of halogens is 1. The first-order valence-electron chi connectivity index (χ1n) is 12.1. The molecular formula is C26H27FN4O4. The second kappa shape index (κ2) is 8.98. The second-order valence-corrected chi connectivity index (χ2v) is 9.18. The van der Waals surface area contributed by atoms with Crippen LogP contribution in [0, 0.1) is 5.82 Å². The Kier molecular flexibility index (Phi) is 5.66. The van der Waals surface area contributed by atoms with Crippen molar-refractivity contribution < 1.29 is 18.7 Å². The topological polar surface area (TPSA) is 84.8 Å². The van der Waals surface area contributed by atoms with Gasteiger partial charge in [0.05, 0.1) is 24.3 Å². The van der Waals surface area contributed by atoms with Crippen LogP contribution in [-0.4, -0.2) is 55.9 Å². The van der Waals surface area contributed by atoms with Gasteiger partial charge in [-0.2, -0.15) is 0 Å². The van der Waals surface area contributed by atoms with Crippen molar-refractivity contribution in [1.82, 2.24) is 15.2 Å². The van der Waals surface area contributed by atoms with Crippen LogP contribution in [0.15, 0.2) is 41.3 Å². The number of hydrogen-bond donors (Lipinski definition) is 2. The Hall–Kier alpha value is -3.43. The van der Waals surface area contributed by atoms with E-state index < -0.39 is 17.2 Å². The number of nitrogens with one attached hydrogen (secondary N) is 2. The predicted octanol–water partition coefficient (Wildman–Crippen LogP) is 2.94. The highest BCUT2D eigenvalue weighted by molar-refractivity contribution is 6.01. The maximum atomic E-state index is 15.6. The standard InChI is InChI=1S/C26H27FN4O4/c27-19-14-17-22-25(23(19)30-10-12-34-13-11-30)35-21-6-2-1-5-20(21)31(22)15-18(24(17)32)26(33)29-9-7-16-4-3-8-28-16/h1-2,5-6,14-16,28H,3-4,7-13H2,(H,29,33). The van der Waals surface area contributed by atoms with Gasteiger partial charge in [-0.3, -0.25) is 9.59 Å². The number of carbonyl (C=O) groups is 1. The molecule has 2 saturated heterocycles. The van der Waals surface area contributed by atoms with E-state index in [2.05, 4.69) is 10.6 Å². The van der Waals surface area contributed by atoms with Crippen molar-refractivity contribution >= 4 is 22.5 Å². The van der Waals surface area contributed by atoms with Gasteiger partial charge in [-0.1, -0.05) is 12.1 Å². The van der Waals surface area contributed by atoms with Gasteiger partial charge in [-0.15, -0.1) is 0 Å². The number of hydrogen-bond acceptors (Lipinski definition) is 6. The first kappa shape index (κ1) is 22.1. The van der Waals surface area contributed by atoms with Crippen molar-refractivity contribution in [3.05, 3.63) is 58.1 Å². The minimum absolute atomic E-state index is 0.0157. The first-order chi connectivity index (χ1) is 17.1. The maximum absolute atomic E-state index is 15.6. The summed E-state index contributed by atoms with van der Waals surface area (Å²) in [6.45, 7) is 3.45. The molecule has 9 heteroatoms. The molecule has 0 saturated carbocycles. The number of ether oxygens (including phenoxy) is 2. The summed E-state index contributed by atoms with van der Waals surface area (Å²) in [5.74, 6) is -0.190. The van der Waals surface area contributed by atoms with Crippen molar-refractivity contribution in [2.75, 3.05) is 44.3 Å². The highest BCUT2D eigenvalue weighted by atomic mass is 19.1. The van der Waals surface area contributed by atoms with Crippen LogP contribution in [0.1, 0.15) is 29.6 Å². The number of anilines is 1. The average molecular weight is 479 g/mol. The molecule has 3 aromatic rings. The van der Waals surface area contributed by atoms with Gasteiger partial charge in [0.15, 0.2) is 17.3 Å². The fourth-order valence-electron chi connectivity index (χ4n) is 5.26. The van der Waals surface area contributed by atoms with E-state index in [1.807, 2.05) is 23.1 Å². The molecule has 4 heterocycles. The van der Waals surface area contributed by atoms with Gasteiger partial charge in [0.1, 0.15) is 16.8 Å². The molecule has 6 rings (SSSR count). The Bertz CT molecular complexity index is 1360. The molecule has 0 bridgehead atoms. The van der Waals surface area contributed by atoms with Crippen LogP contribution in [0.5, 0.6) is 11.5 Å². The second-order valence-electron chi connectivity index (χ2n) is 9.18. The summed E-state index contributed by atoms with van der Waals surface area (Å²) in [4.78, 5) is 28.4. The number of fused-ring (bicyclic) bond motifs is 2. The van der Waals surface area contributed by atoms with Gasteiger partial charge in [-0.25, -0.2) is 4.39 Å². The Morgan fingerprint density at radius 1 is 1.23 bits per heavy atom. The van der Waals surface area contributed by atoms with Crippen LogP contribution in [0.4, 0.5) is 10.1 Å². The quantitative estimate of drug-likeness (QED) is 0.459. The third-order valence-corrected chi connectivity index (χ3v) is 7.02. The summed E-state index contributed by atoms with van der Waals surface area (Å²) in [5.41, 5.74) is 0.934. The predicted molar refractivity (Wildman–Crippen MR) is 131 cm³/mol. The molecular weight excluding hydrogens is 451 g/mol. The number of morpholine rings is 1. The molecule has 3 aliphatic heterocycles. The molecule has 3 aliphatic rings. The largest absolute Gasteiger partial charge is 0.451 e. The summed E-state index contributed by atoms with van der Waals surface area (Å²) in [6, 6.07) is 8.96. The summed E-state index contributed by atoms with van der Waals surface area (Å²) < 4.78 is 29.0. The summed E-state index contributed by atoms with van der Waals surface area (Å²) in [5, 5.41) is 6.40. The van der Waals surface area contributed by atoms with Crippen molar-refractivity contribution in [2.45, 2.75) is 25.3 Å². The monoisotopic (exact) mass is 478 g/mol. The number of amides is 1. The fourth-order valence-corrected chi connectivity index (χ4v) is 5.26. The number of para-hydroxylation sites is 2. The van der Waals surface area contributed by atoms with Gasteiger partial charge in [0, 0.05) is 31.9 Å². The first-order valence-corrected chi connectivity index (χ1v) is 12.1. The van der Waals surface area contributed by atoms with E-state index in [0.29, 0.717) is 61.5 Å². The molecule has 0 spiro atoms. The van der Waals surface area contributed by atoms with E-state index in [4.69, 9.17) is 9.47 Å². The number of nitrogens with zero attached hydrogens (tertiary/aromatic N) is 2. The normalized spacial score (nSPS) is 18.9. The van der Waals surface area contributed by atoms with Gasteiger partial charge < -0.3 is 29.6 Å². The van der Waals surface area contributed by atoms with E-state index in [1.54, 1.807) is 16.8 Å². The van der Waals surface area contributed by atoms with Crippen molar-refractivity contribution in [1.29, 1.82) is 0 Å². The molecule has 35 heavy (non-hydrogen) atoms. The van der Waals surface area contributed by atoms with Crippen LogP contribution < -0.4 is 25.7 Å². The van der Waals surface area contributed by atoms with Crippen molar-refractivity contribution in [2.24, 2.45) is 0 Å². The lowest BCUT2D eigenvalue weighted by Crippen LogP contribution is -2.37. The summed E-state index contributed by atoms with van der Waals surface area (Å²) >= 11 is 0. The highest BCUT2D eigenvalue weighted by Crippen LogP contribution is 2.46. The lowest BCUT2D eigenvalue weighted by Gasteiger charge is -2.33. The highest BCUT2D eigenvalue weighted by Gasteiger charge is 2.31. The van der Waals surface area contributed by atoms with Crippen LogP contribution in [0.3, 0.4) is 0 Å². The number of benzene rings is 2.